The average molecular weight is 212 g/mol. The summed E-state index contributed by atoms with van der Waals surface area (Å²) in [5, 5.41) is 0. The van der Waals surface area contributed by atoms with E-state index in [0.717, 1.165) is 0 Å². The first-order valence-corrected chi connectivity index (χ1v) is 3.76. The number of hydrogen-bond acceptors (Lipinski definition) is 3. The van der Waals surface area contributed by atoms with Crippen LogP contribution in [0.25, 0.3) is 0 Å². The maximum absolute atomic E-state index is 11.8. The molecule has 0 amide bonds. The fourth-order valence-electron chi connectivity index (χ4n) is 0.664. The van der Waals surface area contributed by atoms with Gasteiger partial charge in [-0.25, -0.2) is 0 Å². The summed E-state index contributed by atoms with van der Waals surface area (Å²) in [5.41, 5.74) is 0. The Labute approximate surface area is 79.5 Å². The SMILES string of the molecule is COCC/C(=C/C(=O)C(F)(F)F)OC. The van der Waals surface area contributed by atoms with Crippen LogP contribution in [0.2, 0.25) is 0 Å². The van der Waals surface area contributed by atoms with Crippen LogP contribution in [0.4, 0.5) is 13.2 Å². The molecule has 0 bridgehead atoms. The van der Waals surface area contributed by atoms with Crippen LogP contribution in [0, 0.1) is 0 Å². The Hall–Kier alpha value is -1.04. The largest absolute Gasteiger partial charge is 0.501 e. The molecule has 82 valence electrons. The standard InChI is InChI=1S/C8H11F3O3/c1-13-4-3-6(14-2)5-7(12)8(9,10)11/h5H,3-4H2,1-2H3/b6-5-. The van der Waals surface area contributed by atoms with Gasteiger partial charge in [0.05, 0.1) is 13.7 Å². The lowest BCUT2D eigenvalue weighted by molar-refractivity contribution is -0.165. The van der Waals surface area contributed by atoms with E-state index >= 15 is 0 Å². The van der Waals surface area contributed by atoms with Gasteiger partial charge < -0.3 is 9.47 Å². The van der Waals surface area contributed by atoms with Gasteiger partial charge in [-0.1, -0.05) is 0 Å². The van der Waals surface area contributed by atoms with Crippen LogP contribution < -0.4 is 0 Å². The van der Waals surface area contributed by atoms with E-state index in [2.05, 4.69) is 9.47 Å². The molecule has 14 heavy (non-hydrogen) atoms. The van der Waals surface area contributed by atoms with Crippen LogP contribution in [0.1, 0.15) is 6.42 Å². The third kappa shape index (κ3) is 4.86. The van der Waals surface area contributed by atoms with Crippen molar-refractivity contribution in [1.29, 1.82) is 0 Å². The molecule has 3 nitrogen and oxygen atoms in total. The fourth-order valence-corrected chi connectivity index (χ4v) is 0.664. The van der Waals surface area contributed by atoms with Gasteiger partial charge >= 0.3 is 6.18 Å². The molecule has 0 fully saturated rings. The van der Waals surface area contributed by atoms with E-state index in [0.29, 0.717) is 6.08 Å². The molecule has 0 saturated heterocycles. The Morgan fingerprint density at radius 1 is 1.36 bits per heavy atom. The number of ether oxygens (including phenoxy) is 2. The van der Waals surface area contributed by atoms with Crippen LogP contribution in [0.5, 0.6) is 0 Å². The van der Waals surface area contributed by atoms with Crippen molar-refractivity contribution in [2.75, 3.05) is 20.8 Å². The van der Waals surface area contributed by atoms with Crippen molar-refractivity contribution < 1.29 is 27.4 Å². The number of rotatable bonds is 5. The van der Waals surface area contributed by atoms with Gasteiger partial charge in [0.15, 0.2) is 0 Å². The molecule has 0 unspecified atom stereocenters. The Bertz CT molecular complexity index is 220. The van der Waals surface area contributed by atoms with Crippen LogP contribution >= 0.6 is 0 Å². The minimum atomic E-state index is -4.85. The molecule has 0 aromatic carbocycles. The number of hydrogen-bond donors (Lipinski definition) is 0. The molecular weight excluding hydrogens is 201 g/mol. The second-order valence-electron chi connectivity index (χ2n) is 2.42. The van der Waals surface area contributed by atoms with Crippen molar-refractivity contribution >= 4 is 5.78 Å². The Morgan fingerprint density at radius 2 is 1.93 bits per heavy atom. The molecule has 0 spiro atoms. The highest BCUT2D eigenvalue weighted by Gasteiger charge is 2.36. The van der Waals surface area contributed by atoms with E-state index in [-0.39, 0.29) is 18.8 Å². The summed E-state index contributed by atoms with van der Waals surface area (Å²) in [6.07, 6.45) is -4.29. The highest BCUT2D eigenvalue weighted by molar-refractivity contribution is 5.94. The van der Waals surface area contributed by atoms with Crippen molar-refractivity contribution in [3.8, 4) is 0 Å². The maximum atomic E-state index is 11.8. The van der Waals surface area contributed by atoms with Crippen molar-refractivity contribution in [3.63, 3.8) is 0 Å². The highest BCUT2D eigenvalue weighted by Crippen LogP contribution is 2.18. The molecule has 0 aromatic heterocycles. The van der Waals surface area contributed by atoms with E-state index in [9.17, 15) is 18.0 Å². The van der Waals surface area contributed by atoms with E-state index in [1.165, 1.54) is 14.2 Å². The number of methoxy groups -OCH3 is 2. The summed E-state index contributed by atoms with van der Waals surface area (Å²) in [6.45, 7) is 0.199. The smallest absolute Gasteiger partial charge is 0.454 e. The number of ketones is 1. The lowest BCUT2D eigenvalue weighted by Crippen LogP contribution is -2.20. The van der Waals surface area contributed by atoms with Crippen molar-refractivity contribution in [3.05, 3.63) is 11.8 Å². The lowest BCUT2D eigenvalue weighted by atomic mass is 10.2. The monoisotopic (exact) mass is 212 g/mol. The molecule has 0 rings (SSSR count). The average Bonchev–Trinajstić information content (AvgIpc) is 2.10. The molecule has 0 heterocycles. The maximum Gasteiger partial charge on any atom is 0.454 e. The van der Waals surface area contributed by atoms with Crippen molar-refractivity contribution in [2.24, 2.45) is 0 Å². The molecule has 0 atom stereocenters. The van der Waals surface area contributed by atoms with E-state index in [4.69, 9.17) is 0 Å². The zero-order chi connectivity index (χ0) is 11.2. The van der Waals surface area contributed by atoms with Gasteiger partial charge in [-0.15, -0.1) is 0 Å². The fraction of sp³-hybridized carbons (Fsp3) is 0.625. The number of halogens is 3. The van der Waals surface area contributed by atoms with Crippen molar-refractivity contribution in [2.45, 2.75) is 12.6 Å². The molecular formula is C8H11F3O3. The second kappa shape index (κ2) is 5.64. The first-order chi connectivity index (χ1) is 6.41. The first-order valence-electron chi connectivity index (χ1n) is 3.76. The Morgan fingerprint density at radius 3 is 2.29 bits per heavy atom. The van der Waals surface area contributed by atoms with Gasteiger partial charge in [-0.05, 0) is 0 Å². The minimum absolute atomic E-state index is 0.0471. The Kier molecular flexibility index (Phi) is 5.22. The number of carbonyl (C=O) groups is 1. The van der Waals surface area contributed by atoms with E-state index < -0.39 is 12.0 Å². The molecule has 0 radical (unpaired) electrons. The quantitative estimate of drug-likeness (QED) is 0.513. The predicted molar refractivity (Wildman–Crippen MR) is 42.6 cm³/mol. The second-order valence-corrected chi connectivity index (χ2v) is 2.42. The summed E-state index contributed by atoms with van der Waals surface area (Å²) >= 11 is 0. The number of allylic oxidation sites excluding steroid dienone is 1. The molecule has 0 aromatic rings. The van der Waals surface area contributed by atoms with Crippen LogP contribution in [0.15, 0.2) is 11.8 Å². The summed E-state index contributed by atoms with van der Waals surface area (Å²) in [7, 11) is 2.60. The lowest BCUT2D eigenvalue weighted by Gasteiger charge is -2.06. The molecule has 0 saturated carbocycles. The Balaban J connectivity index is 4.36. The van der Waals surface area contributed by atoms with Gasteiger partial charge in [0, 0.05) is 19.6 Å². The molecule has 6 heteroatoms. The third-order valence-corrected chi connectivity index (χ3v) is 1.39. The summed E-state index contributed by atoms with van der Waals surface area (Å²) < 4.78 is 44.6. The molecule has 0 aliphatic rings. The highest BCUT2D eigenvalue weighted by atomic mass is 19.4. The normalized spacial score (nSPS) is 12.8. The van der Waals surface area contributed by atoms with E-state index in [1.54, 1.807) is 0 Å². The molecule has 0 aliphatic heterocycles. The topological polar surface area (TPSA) is 35.5 Å². The minimum Gasteiger partial charge on any atom is -0.501 e. The number of alkyl halides is 3. The summed E-state index contributed by atoms with van der Waals surface area (Å²) in [4.78, 5) is 10.5. The number of carbonyl (C=O) groups excluding carboxylic acids is 1. The zero-order valence-corrected chi connectivity index (χ0v) is 7.85. The van der Waals surface area contributed by atoms with Gasteiger partial charge in [-0.2, -0.15) is 13.2 Å². The summed E-state index contributed by atoms with van der Waals surface area (Å²) in [5.74, 6) is -1.97. The van der Waals surface area contributed by atoms with Crippen molar-refractivity contribution in [1.82, 2.24) is 0 Å². The van der Waals surface area contributed by atoms with Gasteiger partial charge in [0.2, 0.25) is 0 Å². The van der Waals surface area contributed by atoms with Crippen LogP contribution in [0.3, 0.4) is 0 Å². The van der Waals surface area contributed by atoms with E-state index in [1.807, 2.05) is 0 Å². The van der Waals surface area contributed by atoms with Gasteiger partial charge in [0.25, 0.3) is 5.78 Å². The van der Waals surface area contributed by atoms with Crippen LogP contribution in [-0.4, -0.2) is 32.8 Å². The predicted octanol–water partition coefficient (Wildman–Crippen LogP) is 1.68. The summed E-state index contributed by atoms with van der Waals surface area (Å²) in [6, 6.07) is 0. The van der Waals surface area contributed by atoms with Gasteiger partial charge in [0.1, 0.15) is 5.76 Å². The molecule has 0 aliphatic carbocycles. The van der Waals surface area contributed by atoms with Crippen LogP contribution in [-0.2, 0) is 14.3 Å². The zero-order valence-electron chi connectivity index (χ0n) is 7.85. The first kappa shape index (κ1) is 13.0. The molecule has 0 N–H and O–H groups in total. The van der Waals surface area contributed by atoms with Gasteiger partial charge in [-0.3, -0.25) is 4.79 Å². The third-order valence-electron chi connectivity index (χ3n) is 1.39.